The topological polar surface area (TPSA) is 67.5 Å². The van der Waals surface area contributed by atoms with Crippen molar-refractivity contribution in [1.29, 1.82) is 0 Å². The molecule has 0 heterocycles. The van der Waals surface area contributed by atoms with Gasteiger partial charge < -0.3 is 0 Å². The van der Waals surface area contributed by atoms with Crippen LogP contribution in [-0.4, -0.2) is 11.1 Å². The minimum atomic E-state index is -0.437. The standard InChI is InChI=1S/C14H12ClN3O2/c1-10-2-5-12(8-14(10)15)17-16-9-11-3-6-13(7-4-11)18(19)20/h2-9,17H,1H3/b16-9+. The fraction of sp³-hybridized carbons (Fsp3) is 0.0714. The van der Waals surface area contributed by atoms with Crippen molar-refractivity contribution < 1.29 is 4.92 Å². The highest BCUT2D eigenvalue weighted by atomic mass is 35.5. The molecule has 0 radical (unpaired) electrons. The van der Waals surface area contributed by atoms with Crippen molar-refractivity contribution in [2.24, 2.45) is 5.10 Å². The number of halogens is 1. The number of nitro benzene ring substituents is 1. The van der Waals surface area contributed by atoms with E-state index in [0.29, 0.717) is 5.02 Å². The zero-order valence-corrected chi connectivity index (χ0v) is 11.5. The van der Waals surface area contributed by atoms with Gasteiger partial charge in [-0.2, -0.15) is 5.10 Å². The molecule has 0 bridgehead atoms. The second-order valence-corrected chi connectivity index (χ2v) is 4.59. The average molecular weight is 290 g/mol. The van der Waals surface area contributed by atoms with Crippen LogP contribution in [0.1, 0.15) is 11.1 Å². The van der Waals surface area contributed by atoms with E-state index in [1.54, 1.807) is 24.4 Å². The summed E-state index contributed by atoms with van der Waals surface area (Å²) in [7, 11) is 0. The highest BCUT2D eigenvalue weighted by Gasteiger charge is 2.02. The van der Waals surface area contributed by atoms with Crippen molar-refractivity contribution in [1.82, 2.24) is 0 Å². The predicted octanol–water partition coefficient (Wildman–Crippen LogP) is 4.00. The average Bonchev–Trinajstić information content (AvgIpc) is 2.43. The number of nitrogens with zero attached hydrogens (tertiary/aromatic N) is 2. The number of benzene rings is 2. The molecule has 0 aliphatic heterocycles. The third kappa shape index (κ3) is 3.55. The second kappa shape index (κ2) is 6.16. The molecule has 2 rings (SSSR count). The van der Waals surface area contributed by atoms with Crippen molar-refractivity contribution in [2.75, 3.05) is 5.43 Å². The third-order valence-corrected chi connectivity index (χ3v) is 3.09. The molecule has 0 amide bonds. The van der Waals surface area contributed by atoms with E-state index in [9.17, 15) is 10.1 Å². The van der Waals surface area contributed by atoms with Crippen molar-refractivity contribution in [3.8, 4) is 0 Å². The minimum Gasteiger partial charge on any atom is -0.278 e. The van der Waals surface area contributed by atoms with Gasteiger partial charge in [-0.25, -0.2) is 0 Å². The van der Waals surface area contributed by atoms with Crippen LogP contribution < -0.4 is 5.43 Å². The Labute approximate surface area is 121 Å². The van der Waals surface area contributed by atoms with Crippen molar-refractivity contribution >= 4 is 29.2 Å². The maximum Gasteiger partial charge on any atom is 0.269 e. The maximum absolute atomic E-state index is 10.5. The first-order valence-electron chi connectivity index (χ1n) is 5.86. The molecule has 0 saturated heterocycles. The number of hydrogen-bond acceptors (Lipinski definition) is 4. The number of hydrogen-bond donors (Lipinski definition) is 1. The van der Waals surface area contributed by atoms with Crippen LogP contribution in [0.25, 0.3) is 0 Å². The Morgan fingerprint density at radius 2 is 1.95 bits per heavy atom. The fourth-order valence-corrected chi connectivity index (χ4v) is 1.71. The molecule has 0 fully saturated rings. The number of anilines is 1. The number of hydrazone groups is 1. The molecule has 0 spiro atoms. The molecule has 0 aromatic heterocycles. The summed E-state index contributed by atoms with van der Waals surface area (Å²) < 4.78 is 0. The van der Waals surface area contributed by atoms with Crippen molar-refractivity contribution in [3.63, 3.8) is 0 Å². The predicted molar refractivity (Wildman–Crippen MR) is 80.5 cm³/mol. The molecule has 6 heteroatoms. The molecule has 5 nitrogen and oxygen atoms in total. The first-order chi connectivity index (χ1) is 9.56. The molecule has 102 valence electrons. The van der Waals surface area contributed by atoms with Crippen molar-refractivity contribution in [3.05, 3.63) is 68.7 Å². The molecule has 0 saturated carbocycles. The van der Waals surface area contributed by atoms with Crippen LogP contribution in [0, 0.1) is 17.0 Å². The summed E-state index contributed by atoms with van der Waals surface area (Å²) in [4.78, 5) is 10.1. The van der Waals surface area contributed by atoms with Gasteiger partial charge >= 0.3 is 0 Å². The molecular formula is C14H12ClN3O2. The fourth-order valence-electron chi connectivity index (χ4n) is 1.53. The minimum absolute atomic E-state index is 0.0559. The Bertz CT molecular complexity index is 654. The van der Waals surface area contributed by atoms with Gasteiger partial charge in [0.15, 0.2) is 0 Å². The number of nitrogens with one attached hydrogen (secondary N) is 1. The monoisotopic (exact) mass is 289 g/mol. The second-order valence-electron chi connectivity index (χ2n) is 4.18. The van der Waals surface area contributed by atoms with Crippen LogP contribution in [0.15, 0.2) is 47.6 Å². The maximum atomic E-state index is 10.5. The summed E-state index contributed by atoms with van der Waals surface area (Å²) in [6, 6.07) is 11.7. The van der Waals surface area contributed by atoms with Gasteiger partial charge in [0.2, 0.25) is 0 Å². The molecule has 1 N–H and O–H groups in total. The Kier molecular flexibility index (Phi) is 4.32. The summed E-state index contributed by atoms with van der Waals surface area (Å²) in [5.41, 5.74) is 5.44. The van der Waals surface area contributed by atoms with Crippen molar-refractivity contribution in [2.45, 2.75) is 6.92 Å². The quantitative estimate of drug-likeness (QED) is 0.525. The molecule has 2 aromatic carbocycles. The van der Waals surface area contributed by atoms with E-state index in [0.717, 1.165) is 16.8 Å². The molecule has 2 aromatic rings. The lowest BCUT2D eigenvalue weighted by Crippen LogP contribution is -1.92. The highest BCUT2D eigenvalue weighted by Crippen LogP contribution is 2.19. The third-order valence-electron chi connectivity index (χ3n) is 2.68. The van der Waals surface area contributed by atoms with Gasteiger partial charge in [-0.3, -0.25) is 15.5 Å². The van der Waals surface area contributed by atoms with E-state index in [2.05, 4.69) is 10.5 Å². The number of aryl methyl sites for hydroxylation is 1. The Balaban J connectivity index is 2.02. The Hall–Kier alpha value is -2.40. The number of nitro groups is 1. The van der Waals surface area contributed by atoms with Gasteiger partial charge in [-0.1, -0.05) is 17.7 Å². The van der Waals surface area contributed by atoms with E-state index < -0.39 is 4.92 Å². The highest BCUT2D eigenvalue weighted by molar-refractivity contribution is 6.31. The van der Waals surface area contributed by atoms with Crippen LogP contribution in [0.2, 0.25) is 5.02 Å². The summed E-state index contributed by atoms with van der Waals surface area (Å²) >= 11 is 6.00. The summed E-state index contributed by atoms with van der Waals surface area (Å²) in [6.07, 6.45) is 1.58. The lowest BCUT2D eigenvalue weighted by Gasteiger charge is -2.02. The van der Waals surface area contributed by atoms with Gasteiger partial charge in [0.25, 0.3) is 5.69 Å². The van der Waals surface area contributed by atoms with Gasteiger partial charge in [-0.05, 0) is 42.3 Å². The van der Waals surface area contributed by atoms with E-state index in [1.807, 2.05) is 19.1 Å². The molecule has 20 heavy (non-hydrogen) atoms. The first-order valence-corrected chi connectivity index (χ1v) is 6.24. The van der Waals surface area contributed by atoms with Crippen LogP contribution >= 0.6 is 11.6 Å². The van der Waals surface area contributed by atoms with Gasteiger partial charge in [0, 0.05) is 17.2 Å². The lowest BCUT2D eigenvalue weighted by molar-refractivity contribution is -0.384. The van der Waals surface area contributed by atoms with Crippen LogP contribution in [0.5, 0.6) is 0 Å². The van der Waals surface area contributed by atoms with Crippen LogP contribution in [0.4, 0.5) is 11.4 Å². The Morgan fingerprint density at radius 3 is 2.55 bits per heavy atom. The molecule has 0 aliphatic carbocycles. The summed E-state index contributed by atoms with van der Waals surface area (Å²) in [5.74, 6) is 0. The van der Waals surface area contributed by atoms with E-state index in [-0.39, 0.29) is 5.69 Å². The van der Waals surface area contributed by atoms with E-state index in [1.165, 1.54) is 12.1 Å². The molecule has 0 aliphatic rings. The normalized spacial score (nSPS) is 10.7. The first kappa shape index (κ1) is 14.0. The van der Waals surface area contributed by atoms with Crippen LogP contribution in [0.3, 0.4) is 0 Å². The smallest absolute Gasteiger partial charge is 0.269 e. The van der Waals surface area contributed by atoms with Gasteiger partial charge in [0.05, 0.1) is 16.8 Å². The molecule has 0 unspecified atom stereocenters. The zero-order chi connectivity index (χ0) is 14.5. The largest absolute Gasteiger partial charge is 0.278 e. The Morgan fingerprint density at radius 1 is 1.25 bits per heavy atom. The van der Waals surface area contributed by atoms with Gasteiger partial charge in [0.1, 0.15) is 0 Å². The van der Waals surface area contributed by atoms with Crippen LogP contribution in [-0.2, 0) is 0 Å². The number of rotatable bonds is 4. The SMILES string of the molecule is Cc1ccc(N/N=C/c2ccc([N+](=O)[O-])cc2)cc1Cl. The zero-order valence-electron chi connectivity index (χ0n) is 10.7. The van der Waals surface area contributed by atoms with E-state index in [4.69, 9.17) is 11.6 Å². The van der Waals surface area contributed by atoms with E-state index >= 15 is 0 Å². The molecule has 0 atom stereocenters. The number of non-ortho nitro benzene ring substituents is 1. The molecular weight excluding hydrogens is 278 g/mol. The summed E-state index contributed by atoms with van der Waals surface area (Å²) in [6.45, 7) is 1.92. The summed E-state index contributed by atoms with van der Waals surface area (Å²) in [5, 5.41) is 15.2. The lowest BCUT2D eigenvalue weighted by atomic mass is 10.2. The van der Waals surface area contributed by atoms with Gasteiger partial charge in [-0.15, -0.1) is 0 Å².